The van der Waals surface area contributed by atoms with Crippen LogP contribution in [0.15, 0.2) is 35.6 Å². The number of nitriles is 1. The summed E-state index contributed by atoms with van der Waals surface area (Å²) in [6, 6.07) is 9.50. The Balaban J connectivity index is 2.34. The first-order valence-corrected chi connectivity index (χ1v) is 6.15. The zero-order valence-electron chi connectivity index (χ0n) is 11.1. The van der Waals surface area contributed by atoms with Crippen LogP contribution in [-0.4, -0.2) is 16.9 Å². The van der Waals surface area contributed by atoms with Gasteiger partial charge in [-0.15, -0.1) is 0 Å². The first-order valence-electron chi connectivity index (χ1n) is 6.15. The van der Waals surface area contributed by atoms with Crippen LogP contribution in [0.5, 0.6) is 5.75 Å². The summed E-state index contributed by atoms with van der Waals surface area (Å²) < 4.78 is 6.78. The lowest BCUT2D eigenvalue weighted by molar-refractivity contribution is 0.415. The lowest BCUT2D eigenvalue weighted by Gasteiger charge is -2.02. The van der Waals surface area contributed by atoms with Crippen LogP contribution in [0.3, 0.4) is 0 Å². The average Bonchev–Trinajstić information content (AvgIpc) is 2.88. The van der Waals surface area contributed by atoms with E-state index in [1.165, 1.54) is 0 Å². The second kappa shape index (κ2) is 6.48. The Kier molecular flexibility index (Phi) is 4.45. The van der Waals surface area contributed by atoms with Gasteiger partial charge < -0.3 is 4.74 Å². The molecule has 0 spiro atoms. The molecule has 102 valence electrons. The largest absolute Gasteiger partial charge is 0.497 e. The second-order valence-corrected chi connectivity index (χ2v) is 4.19. The van der Waals surface area contributed by atoms with Gasteiger partial charge in [0.1, 0.15) is 12.3 Å². The van der Waals surface area contributed by atoms with Crippen LogP contribution in [0.25, 0.3) is 11.3 Å². The van der Waals surface area contributed by atoms with Gasteiger partial charge in [0.05, 0.1) is 31.8 Å². The minimum absolute atomic E-state index is 0.0634. The van der Waals surface area contributed by atoms with Crippen LogP contribution in [0, 0.1) is 16.2 Å². The molecule has 1 heterocycles. The van der Waals surface area contributed by atoms with E-state index in [1.54, 1.807) is 18.0 Å². The number of aromatic nitrogens is 2. The molecule has 0 aliphatic heterocycles. The SMILES string of the molecule is COc1ccc(-c2nn(CCC#N)cc2CN=O)cc1. The number of nitrogens with zero attached hydrogens (tertiary/aromatic N) is 4. The summed E-state index contributed by atoms with van der Waals surface area (Å²) in [5.41, 5.74) is 2.36. The summed E-state index contributed by atoms with van der Waals surface area (Å²) in [6.07, 6.45) is 2.13. The van der Waals surface area contributed by atoms with E-state index in [4.69, 9.17) is 10.00 Å². The van der Waals surface area contributed by atoms with E-state index in [-0.39, 0.29) is 6.54 Å². The molecule has 0 atom stereocenters. The fourth-order valence-electron chi connectivity index (χ4n) is 1.92. The van der Waals surface area contributed by atoms with Gasteiger partial charge in [0, 0.05) is 17.3 Å². The molecule has 0 fully saturated rings. The Morgan fingerprint density at radius 1 is 1.40 bits per heavy atom. The number of methoxy groups -OCH3 is 1. The molecule has 0 unspecified atom stereocenters. The van der Waals surface area contributed by atoms with Crippen molar-refractivity contribution in [2.45, 2.75) is 19.5 Å². The molecule has 0 radical (unpaired) electrons. The van der Waals surface area contributed by atoms with Crippen molar-refractivity contribution in [1.29, 1.82) is 5.26 Å². The van der Waals surface area contributed by atoms with E-state index in [0.717, 1.165) is 16.9 Å². The molecular weight excluding hydrogens is 256 g/mol. The molecule has 0 aliphatic carbocycles. The third-order valence-corrected chi connectivity index (χ3v) is 2.89. The highest BCUT2D eigenvalue weighted by Crippen LogP contribution is 2.25. The quantitative estimate of drug-likeness (QED) is 0.756. The molecule has 0 bridgehead atoms. The summed E-state index contributed by atoms with van der Waals surface area (Å²) in [7, 11) is 1.60. The standard InChI is InChI=1S/C14H14N4O2/c1-20-13-5-3-11(4-6-13)14-12(9-16-19)10-18(17-14)8-2-7-15/h3-6,10H,2,8-9H2,1H3. The first-order chi connectivity index (χ1) is 9.78. The fourth-order valence-corrected chi connectivity index (χ4v) is 1.92. The number of rotatable bonds is 6. The highest BCUT2D eigenvalue weighted by Gasteiger charge is 2.11. The van der Waals surface area contributed by atoms with Crippen LogP contribution < -0.4 is 4.74 Å². The minimum atomic E-state index is 0.0634. The van der Waals surface area contributed by atoms with Gasteiger partial charge in [-0.1, -0.05) is 5.18 Å². The normalized spacial score (nSPS) is 10.0. The number of ether oxygens (including phenoxy) is 1. The van der Waals surface area contributed by atoms with Crippen molar-refractivity contribution in [3.8, 4) is 23.1 Å². The van der Waals surface area contributed by atoms with E-state index in [9.17, 15) is 4.91 Å². The predicted molar refractivity (Wildman–Crippen MR) is 73.9 cm³/mol. The van der Waals surface area contributed by atoms with Gasteiger partial charge >= 0.3 is 0 Å². The first kappa shape index (κ1) is 13.7. The van der Waals surface area contributed by atoms with Crippen molar-refractivity contribution in [3.05, 3.63) is 40.9 Å². The molecule has 0 aliphatic rings. The molecule has 0 saturated carbocycles. The third kappa shape index (κ3) is 3.01. The maximum Gasteiger partial charge on any atom is 0.118 e. The second-order valence-electron chi connectivity index (χ2n) is 4.19. The van der Waals surface area contributed by atoms with Crippen molar-refractivity contribution >= 4 is 0 Å². The lowest BCUT2D eigenvalue weighted by Crippen LogP contribution is -1.97. The molecule has 0 amide bonds. The van der Waals surface area contributed by atoms with Crippen LogP contribution >= 0.6 is 0 Å². The molecule has 2 aromatic rings. The van der Waals surface area contributed by atoms with Gasteiger partial charge in [-0.25, -0.2) is 0 Å². The van der Waals surface area contributed by atoms with Crippen LogP contribution in [0.2, 0.25) is 0 Å². The fraction of sp³-hybridized carbons (Fsp3) is 0.286. The molecular formula is C14H14N4O2. The van der Waals surface area contributed by atoms with Crippen molar-refractivity contribution < 1.29 is 4.74 Å². The lowest BCUT2D eigenvalue weighted by atomic mass is 10.1. The number of benzene rings is 1. The third-order valence-electron chi connectivity index (χ3n) is 2.89. The number of nitroso groups, excluding NO2 is 1. The van der Waals surface area contributed by atoms with Gasteiger partial charge in [-0.05, 0) is 24.3 Å². The maximum atomic E-state index is 10.5. The summed E-state index contributed by atoms with van der Waals surface area (Å²) in [5.74, 6) is 0.757. The highest BCUT2D eigenvalue weighted by molar-refractivity contribution is 5.63. The Bertz CT molecular complexity index is 626. The Morgan fingerprint density at radius 2 is 2.15 bits per heavy atom. The molecule has 2 rings (SSSR count). The van der Waals surface area contributed by atoms with Gasteiger partial charge in [0.2, 0.25) is 0 Å². The summed E-state index contributed by atoms with van der Waals surface area (Å²) in [6.45, 7) is 0.562. The molecule has 0 N–H and O–H groups in total. The van der Waals surface area contributed by atoms with E-state index in [0.29, 0.717) is 18.7 Å². The monoisotopic (exact) mass is 270 g/mol. The Morgan fingerprint density at radius 3 is 2.75 bits per heavy atom. The van der Waals surface area contributed by atoms with E-state index in [1.807, 2.05) is 24.3 Å². The topological polar surface area (TPSA) is 80.3 Å². The van der Waals surface area contributed by atoms with Crippen LogP contribution in [0.1, 0.15) is 12.0 Å². The summed E-state index contributed by atoms with van der Waals surface area (Å²) in [4.78, 5) is 10.5. The van der Waals surface area contributed by atoms with E-state index >= 15 is 0 Å². The van der Waals surface area contributed by atoms with Crippen LogP contribution in [0.4, 0.5) is 0 Å². The maximum absolute atomic E-state index is 10.5. The van der Waals surface area contributed by atoms with Gasteiger partial charge in [0.15, 0.2) is 0 Å². The molecule has 1 aromatic heterocycles. The Hall–Kier alpha value is -2.68. The van der Waals surface area contributed by atoms with Crippen molar-refractivity contribution in [2.75, 3.05) is 7.11 Å². The van der Waals surface area contributed by atoms with E-state index < -0.39 is 0 Å². The molecule has 6 heteroatoms. The number of hydrogen-bond acceptors (Lipinski definition) is 5. The van der Waals surface area contributed by atoms with E-state index in [2.05, 4.69) is 16.3 Å². The summed E-state index contributed by atoms with van der Waals surface area (Å²) in [5, 5.41) is 16.0. The molecule has 1 aromatic carbocycles. The number of aryl methyl sites for hydroxylation is 1. The molecule has 6 nitrogen and oxygen atoms in total. The molecule has 20 heavy (non-hydrogen) atoms. The van der Waals surface area contributed by atoms with Gasteiger partial charge in [0.25, 0.3) is 0 Å². The van der Waals surface area contributed by atoms with Crippen LogP contribution in [-0.2, 0) is 13.1 Å². The zero-order valence-corrected chi connectivity index (χ0v) is 11.1. The highest BCUT2D eigenvalue weighted by atomic mass is 16.5. The predicted octanol–water partition coefficient (Wildman–Crippen LogP) is 2.74. The average molecular weight is 270 g/mol. The van der Waals surface area contributed by atoms with Crippen molar-refractivity contribution in [1.82, 2.24) is 9.78 Å². The van der Waals surface area contributed by atoms with Crippen molar-refractivity contribution in [2.24, 2.45) is 5.18 Å². The Labute approximate surface area is 116 Å². The minimum Gasteiger partial charge on any atom is -0.497 e. The van der Waals surface area contributed by atoms with Gasteiger partial charge in [-0.2, -0.15) is 15.3 Å². The number of hydrogen-bond donors (Lipinski definition) is 0. The summed E-state index contributed by atoms with van der Waals surface area (Å²) >= 11 is 0. The van der Waals surface area contributed by atoms with Crippen molar-refractivity contribution in [3.63, 3.8) is 0 Å². The smallest absolute Gasteiger partial charge is 0.118 e. The molecule has 0 saturated heterocycles. The van der Waals surface area contributed by atoms with Gasteiger partial charge in [-0.3, -0.25) is 4.68 Å². The zero-order chi connectivity index (χ0) is 14.4.